The number of hydrogen-bond donors (Lipinski definition) is 1. The van der Waals surface area contributed by atoms with Crippen molar-refractivity contribution < 1.29 is 9.53 Å². The van der Waals surface area contributed by atoms with E-state index < -0.39 is 0 Å². The maximum atomic E-state index is 12.5. The van der Waals surface area contributed by atoms with E-state index in [1.807, 2.05) is 17.0 Å². The number of benzene rings is 1. The summed E-state index contributed by atoms with van der Waals surface area (Å²) in [6.45, 7) is 5.95. The van der Waals surface area contributed by atoms with E-state index in [0.29, 0.717) is 19.7 Å². The third-order valence-electron chi connectivity index (χ3n) is 3.97. The molecule has 1 aromatic rings. The second kappa shape index (κ2) is 6.57. The van der Waals surface area contributed by atoms with Crippen molar-refractivity contribution in [1.29, 1.82) is 0 Å². The van der Waals surface area contributed by atoms with E-state index in [1.165, 1.54) is 11.1 Å². The van der Waals surface area contributed by atoms with Crippen LogP contribution in [0, 0.1) is 0 Å². The molecular weight excluding hydrogens is 276 g/mol. The summed E-state index contributed by atoms with van der Waals surface area (Å²) in [5, 5.41) is 3.30. The van der Waals surface area contributed by atoms with E-state index in [-0.39, 0.29) is 24.4 Å². The van der Waals surface area contributed by atoms with Crippen LogP contribution in [0.15, 0.2) is 18.2 Å². The number of morpholine rings is 1. The maximum Gasteiger partial charge on any atom is 0.254 e. The molecule has 0 bridgehead atoms. The fraction of sp³-hybridized carbons (Fsp3) is 0.533. The highest BCUT2D eigenvalue weighted by atomic mass is 35.5. The normalized spacial score (nSPS) is 21.2. The van der Waals surface area contributed by atoms with Crippen molar-refractivity contribution in [3.63, 3.8) is 0 Å². The lowest BCUT2D eigenvalue weighted by Crippen LogP contribution is -2.45. The first kappa shape index (κ1) is 15.3. The number of ether oxygens (including phenoxy) is 1. The first-order valence-electron chi connectivity index (χ1n) is 7.01. The molecule has 1 aromatic carbocycles. The van der Waals surface area contributed by atoms with Gasteiger partial charge < -0.3 is 15.0 Å². The van der Waals surface area contributed by atoms with E-state index >= 15 is 0 Å². The third-order valence-corrected chi connectivity index (χ3v) is 3.97. The van der Waals surface area contributed by atoms with Gasteiger partial charge in [0.15, 0.2) is 0 Å². The number of hydrogen-bond acceptors (Lipinski definition) is 3. The number of halogens is 1. The molecule has 1 N–H and O–H groups in total. The second-order valence-electron chi connectivity index (χ2n) is 5.24. The molecule has 1 unspecified atom stereocenters. The van der Waals surface area contributed by atoms with Gasteiger partial charge in [-0.25, -0.2) is 0 Å². The summed E-state index contributed by atoms with van der Waals surface area (Å²) in [4.78, 5) is 14.4. The van der Waals surface area contributed by atoms with Crippen molar-refractivity contribution in [2.45, 2.75) is 32.5 Å². The van der Waals surface area contributed by atoms with E-state index in [4.69, 9.17) is 4.74 Å². The molecule has 1 amide bonds. The van der Waals surface area contributed by atoms with Gasteiger partial charge in [-0.15, -0.1) is 12.4 Å². The average Bonchev–Trinajstić information content (AvgIpc) is 2.94. The zero-order valence-corrected chi connectivity index (χ0v) is 12.5. The molecule has 3 rings (SSSR count). The monoisotopic (exact) mass is 296 g/mol. The molecular formula is C15H21ClN2O2. The summed E-state index contributed by atoms with van der Waals surface area (Å²) in [5.74, 6) is 0.136. The van der Waals surface area contributed by atoms with Crippen LogP contribution >= 0.6 is 12.4 Å². The number of nitrogens with zero attached hydrogens (tertiary/aromatic N) is 1. The van der Waals surface area contributed by atoms with Crippen molar-refractivity contribution in [2.75, 3.05) is 19.7 Å². The van der Waals surface area contributed by atoms with Crippen LogP contribution in [0.25, 0.3) is 0 Å². The quantitative estimate of drug-likeness (QED) is 0.907. The van der Waals surface area contributed by atoms with Crippen LogP contribution in [0.5, 0.6) is 0 Å². The van der Waals surface area contributed by atoms with Crippen molar-refractivity contribution in [3.8, 4) is 0 Å². The molecule has 0 saturated carbocycles. The SMILES string of the molecule is CCC1CN(C(=O)c2ccc3c(c2)CNC3)CCO1.Cl. The van der Waals surface area contributed by atoms with Gasteiger partial charge in [-0.05, 0) is 29.7 Å². The minimum absolute atomic E-state index is 0. The Hall–Kier alpha value is -1.10. The minimum atomic E-state index is 0. The molecule has 4 nitrogen and oxygen atoms in total. The lowest BCUT2D eigenvalue weighted by Gasteiger charge is -2.32. The third kappa shape index (κ3) is 2.97. The number of nitrogens with one attached hydrogen (secondary N) is 1. The molecule has 0 aliphatic carbocycles. The molecule has 20 heavy (non-hydrogen) atoms. The Morgan fingerprint density at radius 2 is 2.20 bits per heavy atom. The molecule has 2 heterocycles. The fourth-order valence-corrected chi connectivity index (χ4v) is 2.76. The average molecular weight is 297 g/mol. The van der Waals surface area contributed by atoms with E-state index in [2.05, 4.69) is 18.3 Å². The van der Waals surface area contributed by atoms with E-state index in [1.54, 1.807) is 0 Å². The Balaban J connectivity index is 0.00000147. The number of fused-ring (bicyclic) bond motifs is 1. The molecule has 0 spiro atoms. The van der Waals surface area contributed by atoms with Gasteiger partial charge in [0.1, 0.15) is 0 Å². The minimum Gasteiger partial charge on any atom is -0.375 e. The van der Waals surface area contributed by atoms with Gasteiger partial charge in [0, 0.05) is 31.7 Å². The largest absolute Gasteiger partial charge is 0.375 e. The van der Waals surface area contributed by atoms with Crippen molar-refractivity contribution in [2.24, 2.45) is 0 Å². The fourth-order valence-electron chi connectivity index (χ4n) is 2.76. The van der Waals surface area contributed by atoms with Crippen LogP contribution < -0.4 is 5.32 Å². The number of carbonyl (C=O) groups is 1. The van der Waals surface area contributed by atoms with Crippen LogP contribution in [0.1, 0.15) is 34.8 Å². The van der Waals surface area contributed by atoms with Gasteiger partial charge in [-0.1, -0.05) is 13.0 Å². The second-order valence-corrected chi connectivity index (χ2v) is 5.24. The molecule has 110 valence electrons. The summed E-state index contributed by atoms with van der Waals surface area (Å²) in [6.07, 6.45) is 1.14. The predicted molar refractivity (Wildman–Crippen MR) is 80.2 cm³/mol. The Kier molecular flexibility index (Phi) is 5.02. The summed E-state index contributed by atoms with van der Waals surface area (Å²) >= 11 is 0. The Morgan fingerprint density at radius 1 is 1.40 bits per heavy atom. The van der Waals surface area contributed by atoms with Gasteiger partial charge in [-0.2, -0.15) is 0 Å². The first-order chi connectivity index (χ1) is 9.28. The molecule has 0 radical (unpaired) electrons. The summed E-state index contributed by atoms with van der Waals surface area (Å²) < 4.78 is 5.61. The highest BCUT2D eigenvalue weighted by Gasteiger charge is 2.24. The standard InChI is InChI=1S/C15H20N2O2.ClH/c1-2-14-10-17(5-6-19-14)15(18)11-3-4-12-8-16-9-13(12)7-11;/h3-4,7,14,16H,2,5-6,8-10H2,1H3;1H. The van der Waals surface area contributed by atoms with Crippen LogP contribution in [-0.2, 0) is 17.8 Å². The van der Waals surface area contributed by atoms with E-state index in [9.17, 15) is 4.79 Å². The maximum absolute atomic E-state index is 12.5. The first-order valence-corrected chi connectivity index (χ1v) is 7.01. The molecule has 2 aliphatic heterocycles. The molecule has 1 atom stereocenters. The zero-order chi connectivity index (χ0) is 13.2. The number of amides is 1. The zero-order valence-electron chi connectivity index (χ0n) is 11.7. The Bertz CT molecular complexity index is 493. The molecule has 1 saturated heterocycles. The summed E-state index contributed by atoms with van der Waals surface area (Å²) in [5.41, 5.74) is 3.37. The van der Waals surface area contributed by atoms with Crippen molar-refractivity contribution in [1.82, 2.24) is 10.2 Å². The topological polar surface area (TPSA) is 41.6 Å². The van der Waals surface area contributed by atoms with Gasteiger partial charge in [0.2, 0.25) is 0 Å². The Labute approximate surface area is 125 Å². The molecule has 1 fully saturated rings. The lowest BCUT2D eigenvalue weighted by molar-refractivity contribution is -0.0226. The van der Waals surface area contributed by atoms with Crippen molar-refractivity contribution in [3.05, 3.63) is 34.9 Å². The lowest BCUT2D eigenvalue weighted by atomic mass is 10.1. The summed E-state index contributed by atoms with van der Waals surface area (Å²) in [6, 6.07) is 6.05. The van der Waals surface area contributed by atoms with Crippen LogP contribution in [0.4, 0.5) is 0 Å². The van der Waals surface area contributed by atoms with Gasteiger partial charge >= 0.3 is 0 Å². The highest BCUT2D eigenvalue weighted by molar-refractivity contribution is 5.94. The summed E-state index contributed by atoms with van der Waals surface area (Å²) in [7, 11) is 0. The van der Waals surface area contributed by atoms with Crippen LogP contribution in [-0.4, -0.2) is 36.6 Å². The number of rotatable bonds is 2. The van der Waals surface area contributed by atoms with E-state index in [0.717, 1.165) is 25.1 Å². The highest BCUT2D eigenvalue weighted by Crippen LogP contribution is 2.19. The van der Waals surface area contributed by atoms with Gasteiger partial charge in [-0.3, -0.25) is 4.79 Å². The van der Waals surface area contributed by atoms with Gasteiger partial charge in [0.25, 0.3) is 5.91 Å². The number of carbonyl (C=O) groups excluding carboxylic acids is 1. The smallest absolute Gasteiger partial charge is 0.254 e. The van der Waals surface area contributed by atoms with Crippen molar-refractivity contribution >= 4 is 18.3 Å². The molecule has 2 aliphatic rings. The predicted octanol–water partition coefficient (Wildman–Crippen LogP) is 1.96. The van der Waals surface area contributed by atoms with Gasteiger partial charge in [0.05, 0.1) is 12.7 Å². The van der Waals surface area contributed by atoms with Crippen LogP contribution in [0.3, 0.4) is 0 Å². The molecule has 0 aromatic heterocycles. The Morgan fingerprint density at radius 3 is 3.00 bits per heavy atom. The van der Waals surface area contributed by atoms with Crippen LogP contribution in [0.2, 0.25) is 0 Å². The molecule has 5 heteroatoms.